The van der Waals surface area contributed by atoms with Gasteiger partial charge in [0, 0.05) is 6.54 Å². The number of rotatable bonds is 4. The summed E-state index contributed by atoms with van der Waals surface area (Å²) in [5.74, 6) is -1.02. The second-order valence-electron chi connectivity index (χ2n) is 4.74. The number of nitrogens with one attached hydrogen (secondary N) is 1. The van der Waals surface area contributed by atoms with Crippen LogP contribution in [0.1, 0.15) is 41.0 Å². The lowest BCUT2D eigenvalue weighted by atomic mass is 9.86. The van der Waals surface area contributed by atoms with E-state index in [0.29, 0.717) is 23.4 Å². The molecular weight excluding hydrogens is 252 g/mol. The molecule has 6 heteroatoms. The summed E-state index contributed by atoms with van der Waals surface area (Å²) in [4.78, 5) is 27.8. The average molecular weight is 268 g/mol. The van der Waals surface area contributed by atoms with E-state index in [-0.39, 0.29) is 12.5 Å². The molecule has 0 atom stereocenters. The molecule has 1 fully saturated rings. The van der Waals surface area contributed by atoms with Crippen molar-refractivity contribution in [2.24, 2.45) is 5.41 Å². The molecule has 0 radical (unpaired) electrons. The number of aromatic nitrogens is 1. The highest BCUT2D eigenvalue weighted by Crippen LogP contribution is 2.37. The van der Waals surface area contributed by atoms with Gasteiger partial charge in [-0.25, -0.2) is 4.98 Å². The first-order chi connectivity index (χ1) is 8.55. The Morgan fingerprint density at radius 3 is 2.67 bits per heavy atom. The highest BCUT2D eigenvalue weighted by Gasteiger charge is 2.41. The fourth-order valence-electron chi connectivity index (χ4n) is 2.37. The Balaban J connectivity index is 2.01. The summed E-state index contributed by atoms with van der Waals surface area (Å²) in [6.45, 7) is 1.98. The summed E-state index contributed by atoms with van der Waals surface area (Å²) in [7, 11) is 0. The van der Waals surface area contributed by atoms with Gasteiger partial charge in [0.15, 0.2) is 0 Å². The number of hydrogen-bond donors (Lipinski definition) is 2. The van der Waals surface area contributed by atoms with Crippen LogP contribution in [0.15, 0.2) is 5.51 Å². The van der Waals surface area contributed by atoms with Gasteiger partial charge in [-0.15, -0.1) is 11.3 Å². The Labute approximate surface area is 109 Å². The average Bonchev–Trinajstić information content (AvgIpc) is 2.95. The third-order valence-electron chi connectivity index (χ3n) is 3.55. The van der Waals surface area contributed by atoms with E-state index in [1.807, 2.05) is 0 Å². The van der Waals surface area contributed by atoms with Crippen molar-refractivity contribution in [1.82, 2.24) is 10.3 Å². The Hall–Kier alpha value is -1.43. The smallest absolute Gasteiger partial charge is 0.311 e. The van der Waals surface area contributed by atoms with Crippen LogP contribution in [0.25, 0.3) is 0 Å². The Morgan fingerprint density at radius 1 is 1.50 bits per heavy atom. The number of carbonyl (C=O) groups excluding carboxylic acids is 1. The van der Waals surface area contributed by atoms with E-state index in [1.54, 1.807) is 12.4 Å². The number of thiazole rings is 1. The first kappa shape index (κ1) is 13.0. The van der Waals surface area contributed by atoms with Gasteiger partial charge in [0.05, 0.1) is 16.6 Å². The fraction of sp³-hybridized carbons (Fsp3) is 0.583. The molecular formula is C12H16N2O3S. The van der Waals surface area contributed by atoms with E-state index in [1.165, 1.54) is 11.3 Å². The number of carbonyl (C=O) groups is 2. The lowest BCUT2D eigenvalue weighted by Crippen LogP contribution is -2.41. The van der Waals surface area contributed by atoms with Crippen LogP contribution < -0.4 is 5.32 Å². The van der Waals surface area contributed by atoms with Gasteiger partial charge in [0.1, 0.15) is 4.88 Å². The van der Waals surface area contributed by atoms with Crippen LogP contribution in [-0.2, 0) is 4.79 Å². The maximum atomic E-state index is 11.9. The SMILES string of the molecule is Cc1ncsc1C(=O)NCC1(C(=O)O)CCCC1. The van der Waals surface area contributed by atoms with Crippen molar-refractivity contribution in [3.63, 3.8) is 0 Å². The van der Waals surface area contributed by atoms with Gasteiger partial charge in [-0.3, -0.25) is 9.59 Å². The van der Waals surface area contributed by atoms with Crippen molar-refractivity contribution in [3.05, 3.63) is 16.1 Å². The predicted molar refractivity (Wildman–Crippen MR) is 67.7 cm³/mol. The molecule has 0 unspecified atom stereocenters. The molecule has 0 saturated heterocycles. The van der Waals surface area contributed by atoms with Gasteiger partial charge in [-0.2, -0.15) is 0 Å². The molecule has 0 bridgehead atoms. The van der Waals surface area contributed by atoms with Gasteiger partial charge >= 0.3 is 5.97 Å². The zero-order valence-electron chi connectivity index (χ0n) is 10.2. The Morgan fingerprint density at radius 2 is 2.17 bits per heavy atom. The molecule has 5 nitrogen and oxygen atoms in total. The van der Waals surface area contributed by atoms with E-state index in [0.717, 1.165) is 12.8 Å². The minimum absolute atomic E-state index is 0.207. The fourth-order valence-corrected chi connectivity index (χ4v) is 3.09. The molecule has 1 aliphatic carbocycles. The van der Waals surface area contributed by atoms with Crippen molar-refractivity contribution in [2.75, 3.05) is 6.54 Å². The van der Waals surface area contributed by atoms with Crippen LogP contribution in [0.3, 0.4) is 0 Å². The minimum Gasteiger partial charge on any atom is -0.481 e. The molecule has 1 aliphatic rings. The molecule has 0 spiro atoms. The van der Waals surface area contributed by atoms with Crippen LogP contribution in [0.2, 0.25) is 0 Å². The third-order valence-corrected chi connectivity index (χ3v) is 4.48. The zero-order valence-corrected chi connectivity index (χ0v) is 11.0. The number of hydrogen-bond acceptors (Lipinski definition) is 4. The molecule has 1 aromatic rings. The first-order valence-electron chi connectivity index (χ1n) is 5.97. The van der Waals surface area contributed by atoms with Gasteiger partial charge in [-0.1, -0.05) is 12.8 Å². The molecule has 0 aromatic carbocycles. The van der Waals surface area contributed by atoms with Crippen molar-refractivity contribution in [3.8, 4) is 0 Å². The molecule has 1 saturated carbocycles. The van der Waals surface area contributed by atoms with E-state index >= 15 is 0 Å². The molecule has 1 amide bonds. The molecule has 1 aromatic heterocycles. The van der Waals surface area contributed by atoms with Crippen LogP contribution >= 0.6 is 11.3 Å². The second kappa shape index (κ2) is 5.06. The quantitative estimate of drug-likeness (QED) is 0.873. The number of aliphatic carboxylic acids is 1. The topological polar surface area (TPSA) is 79.3 Å². The lowest BCUT2D eigenvalue weighted by Gasteiger charge is -2.23. The van der Waals surface area contributed by atoms with Crippen LogP contribution in [-0.4, -0.2) is 28.5 Å². The highest BCUT2D eigenvalue weighted by molar-refractivity contribution is 7.11. The molecule has 2 rings (SSSR count). The molecule has 2 N–H and O–H groups in total. The van der Waals surface area contributed by atoms with Gasteiger partial charge < -0.3 is 10.4 Å². The maximum Gasteiger partial charge on any atom is 0.311 e. The zero-order chi connectivity index (χ0) is 13.2. The highest BCUT2D eigenvalue weighted by atomic mass is 32.1. The number of nitrogens with zero attached hydrogens (tertiary/aromatic N) is 1. The third kappa shape index (κ3) is 2.38. The number of aryl methyl sites for hydroxylation is 1. The lowest BCUT2D eigenvalue weighted by molar-refractivity contribution is -0.148. The van der Waals surface area contributed by atoms with Gasteiger partial charge in [0.2, 0.25) is 0 Å². The molecule has 1 heterocycles. The minimum atomic E-state index is -0.804. The largest absolute Gasteiger partial charge is 0.481 e. The number of carboxylic acid groups (broad SMARTS) is 1. The molecule has 98 valence electrons. The first-order valence-corrected chi connectivity index (χ1v) is 6.85. The van der Waals surface area contributed by atoms with Crippen molar-refractivity contribution in [1.29, 1.82) is 0 Å². The van der Waals surface area contributed by atoms with Crippen LogP contribution in [0, 0.1) is 12.3 Å². The molecule has 0 aliphatic heterocycles. The number of carboxylic acids is 1. The standard InChI is InChI=1S/C12H16N2O3S/c1-8-9(18-7-14-8)10(15)13-6-12(11(16)17)4-2-3-5-12/h7H,2-6H2,1H3,(H,13,15)(H,16,17). The van der Waals surface area contributed by atoms with E-state index in [2.05, 4.69) is 10.3 Å². The van der Waals surface area contributed by atoms with Gasteiger partial charge in [0.25, 0.3) is 5.91 Å². The summed E-state index contributed by atoms with van der Waals surface area (Å²) >= 11 is 1.28. The van der Waals surface area contributed by atoms with Crippen molar-refractivity contribution < 1.29 is 14.7 Å². The summed E-state index contributed by atoms with van der Waals surface area (Å²) in [6, 6.07) is 0. The van der Waals surface area contributed by atoms with Gasteiger partial charge in [-0.05, 0) is 19.8 Å². The maximum absolute atomic E-state index is 11.9. The molecule has 18 heavy (non-hydrogen) atoms. The summed E-state index contributed by atoms with van der Waals surface area (Å²) in [6.07, 6.45) is 3.12. The second-order valence-corrected chi connectivity index (χ2v) is 5.60. The summed E-state index contributed by atoms with van der Waals surface area (Å²) in [5.41, 5.74) is 1.54. The van der Waals surface area contributed by atoms with Crippen molar-refractivity contribution >= 4 is 23.2 Å². The van der Waals surface area contributed by atoms with Crippen molar-refractivity contribution in [2.45, 2.75) is 32.6 Å². The predicted octanol–water partition coefficient (Wildman–Crippen LogP) is 1.83. The Bertz CT molecular complexity index is 464. The van der Waals surface area contributed by atoms with E-state index in [9.17, 15) is 14.7 Å². The van der Waals surface area contributed by atoms with E-state index < -0.39 is 11.4 Å². The van der Waals surface area contributed by atoms with E-state index in [4.69, 9.17) is 0 Å². The monoisotopic (exact) mass is 268 g/mol. The summed E-state index contributed by atoms with van der Waals surface area (Å²) < 4.78 is 0. The number of amides is 1. The Kier molecular flexibility index (Phi) is 3.65. The van der Waals surface area contributed by atoms with Crippen LogP contribution in [0.5, 0.6) is 0 Å². The van der Waals surface area contributed by atoms with Crippen LogP contribution in [0.4, 0.5) is 0 Å². The summed E-state index contributed by atoms with van der Waals surface area (Å²) in [5, 5.41) is 12.0. The normalized spacial score (nSPS) is 17.6.